The summed E-state index contributed by atoms with van der Waals surface area (Å²) in [7, 11) is 0. The van der Waals surface area contributed by atoms with Crippen molar-refractivity contribution in [3.8, 4) is 0 Å². The standard InChI is InChI=1S/C6H4F8/c1-4(9,6(12,13)14)5(10,11)2-3(7)8/h2H,1H3. The molecule has 0 fully saturated rings. The molecule has 0 nitrogen and oxygen atoms in total. The lowest BCUT2D eigenvalue weighted by atomic mass is 9.99. The van der Waals surface area contributed by atoms with E-state index in [0.29, 0.717) is 0 Å². The van der Waals surface area contributed by atoms with E-state index in [2.05, 4.69) is 0 Å². The molecule has 0 radical (unpaired) electrons. The number of rotatable bonds is 2. The number of allylic oxidation sites excluding steroid dienone is 1. The molecule has 0 rings (SSSR count). The summed E-state index contributed by atoms with van der Waals surface area (Å²) in [5.74, 6) is -5.30. The Hall–Kier alpha value is -0.820. The monoisotopic (exact) mass is 228 g/mol. The van der Waals surface area contributed by atoms with Crippen molar-refractivity contribution in [1.82, 2.24) is 0 Å². The first-order valence-corrected chi connectivity index (χ1v) is 3.09. The van der Waals surface area contributed by atoms with Crippen molar-refractivity contribution in [3.63, 3.8) is 0 Å². The topological polar surface area (TPSA) is 0 Å². The number of hydrogen-bond donors (Lipinski definition) is 0. The van der Waals surface area contributed by atoms with Gasteiger partial charge < -0.3 is 0 Å². The van der Waals surface area contributed by atoms with E-state index in [1.54, 1.807) is 0 Å². The van der Waals surface area contributed by atoms with Gasteiger partial charge in [0.2, 0.25) is 0 Å². The minimum Gasteiger partial charge on any atom is -0.227 e. The Morgan fingerprint density at radius 2 is 1.29 bits per heavy atom. The zero-order valence-corrected chi connectivity index (χ0v) is 6.60. The first-order valence-electron chi connectivity index (χ1n) is 3.09. The van der Waals surface area contributed by atoms with Crippen LogP contribution in [-0.4, -0.2) is 17.8 Å². The van der Waals surface area contributed by atoms with Crippen molar-refractivity contribution in [2.24, 2.45) is 0 Å². The Kier molecular flexibility index (Phi) is 3.19. The van der Waals surface area contributed by atoms with Gasteiger partial charge in [-0.2, -0.15) is 30.7 Å². The SMILES string of the molecule is CC(F)(C(F)(F)F)C(F)(F)C=C(F)F. The largest absolute Gasteiger partial charge is 0.428 e. The van der Waals surface area contributed by atoms with E-state index in [1.807, 2.05) is 0 Å². The fourth-order valence-corrected chi connectivity index (χ4v) is 0.462. The van der Waals surface area contributed by atoms with Gasteiger partial charge in [-0.1, -0.05) is 0 Å². The molecule has 0 aromatic heterocycles. The van der Waals surface area contributed by atoms with E-state index in [-0.39, 0.29) is 0 Å². The van der Waals surface area contributed by atoms with Crippen LogP contribution >= 0.6 is 0 Å². The van der Waals surface area contributed by atoms with Gasteiger partial charge in [0.15, 0.2) is 0 Å². The maximum Gasteiger partial charge on any atom is 0.428 e. The van der Waals surface area contributed by atoms with Gasteiger partial charge in [-0.05, 0) is 6.92 Å². The molecule has 0 heterocycles. The van der Waals surface area contributed by atoms with Gasteiger partial charge >= 0.3 is 12.1 Å². The summed E-state index contributed by atoms with van der Waals surface area (Å²) in [5, 5.41) is 0. The molecule has 0 spiro atoms. The highest BCUT2D eigenvalue weighted by atomic mass is 19.4. The molecule has 0 saturated heterocycles. The van der Waals surface area contributed by atoms with Crippen LogP contribution in [0.1, 0.15) is 6.92 Å². The molecular weight excluding hydrogens is 224 g/mol. The molecule has 14 heavy (non-hydrogen) atoms. The summed E-state index contributed by atoms with van der Waals surface area (Å²) >= 11 is 0. The molecular formula is C6H4F8. The number of hydrogen-bond acceptors (Lipinski definition) is 0. The lowest BCUT2D eigenvalue weighted by molar-refractivity contribution is -0.281. The fourth-order valence-electron chi connectivity index (χ4n) is 0.462. The lowest BCUT2D eigenvalue weighted by Gasteiger charge is -2.29. The Bertz CT molecular complexity index is 231. The highest BCUT2D eigenvalue weighted by Gasteiger charge is 2.67. The molecule has 84 valence electrons. The van der Waals surface area contributed by atoms with Crippen molar-refractivity contribution in [2.45, 2.75) is 24.7 Å². The molecule has 0 aliphatic carbocycles. The highest BCUT2D eigenvalue weighted by molar-refractivity contribution is 5.08. The first-order chi connectivity index (χ1) is 5.92. The van der Waals surface area contributed by atoms with E-state index in [4.69, 9.17) is 0 Å². The molecule has 8 heteroatoms. The van der Waals surface area contributed by atoms with Crippen molar-refractivity contribution < 1.29 is 35.1 Å². The van der Waals surface area contributed by atoms with Gasteiger partial charge in [0.1, 0.15) is 0 Å². The van der Waals surface area contributed by atoms with Crippen LogP contribution in [0.15, 0.2) is 12.2 Å². The Morgan fingerprint density at radius 1 is 0.929 bits per heavy atom. The molecule has 1 atom stereocenters. The molecule has 0 N–H and O–H groups in total. The van der Waals surface area contributed by atoms with Gasteiger partial charge in [0.25, 0.3) is 11.7 Å². The van der Waals surface area contributed by atoms with Crippen LogP contribution in [0.4, 0.5) is 35.1 Å². The van der Waals surface area contributed by atoms with Crippen molar-refractivity contribution in [3.05, 3.63) is 12.2 Å². The van der Waals surface area contributed by atoms with Gasteiger partial charge in [-0.3, -0.25) is 0 Å². The summed E-state index contributed by atoms with van der Waals surface area (Å²) in [6.07, 6.45) is -10.4. The van der Waals surface area contributed by atoms with Gasteiger partial charge in [-0.25, -0.2) is 4.39 Å². The zero-order chi connectivity index (χ0) is 11.8. The van der Waals surface area contributed by atoms with E-state index >= 15 is 0 Å². The van der Waals surface area contributed by atoms with E-state index in [9.17, 15) is 35.1 Å². The van der Waals surface area contributed by atoms with E-state index < -0.39 is 36.8 Å². The van der Waals surface area contributed by atoms with Crippen molar-refractivity contribution in [2.75, 3.05) is 0 Å². The summed E-state index contributed by atoms with van der Waals surface area (Å²) in [6, 6.07) is 0. The summed E-state index contributed by atoms with van der Waals surface area (Å²) in [6.45, 7) is -0.507. The van der Waals surface area contributed by atoms with Crippen LogP contribution in [0.3, 0.4) is 0 Å². The lowest BCUT2D eigenvalue weighted by Crippen LogP contribution is -2.52. The van der Waals surface area contributed by atoms with Gasteiger partial charge in [0, 0.05) is 0 Å². The predicted molar refractivity (Wildman–Crippen MR) is 30.8 cm³/mol. The molecule has 0 aromatic rings. The first kappa shape index (κ1) is 13.2. The molecule has 0 saturated carbocycles. The van der Waals surface area contributed by atoms with Crippen LogP contribution < -0.4 is 0 Å². The van der Waals surface area contributed by atoms with Crippen LogP contribution in [0.2, 0.25) is 0 Å². The smallest absolute Gasteiger partial charge is 0.227 e. The average molecular weight is 228 g/mol. The summed E-state index contributed by atoms with van der Waals surface area (Å²) in [4.78, 5) is 0. The third-order valence-electron chi connectivity index (χ3n) is 1.45. The normalized spacial score (nSPS) is 17.5. The Labute approximate surface area is 73.2 Å². The molecule has 0 aliphatic rings. The summed E-state index contributed by atoms with van der Waals surface area (Å²) in [5.41, 5.74) is -5.02. The minimum absolute atomic E-state index is 0.507. The molecule has 0 amide bonds. The Balaban J connectivity index is 5.18. The minimum atomic E-state index is -5.93. The second kappa shape index (κ2) is 3.39. The van der Waals surface area contributed by atoms with Crippen LogP contribution in [-0.2, 0) is 0 Å². The molecule has 1 unspecified atom stereocenters. The third-order valence-corrected chi connectivity index (χ3v) is 1.45. The van der Waals surface area contributed by atoms with Crippen molar-refractivity contribution in [1.29, 1.82) is 0 Å². The fraction of sp³-hybridized carbons (Fsp3) is 0.667. The zero-order valence-electron chi connectivity index (χ0n) is 6.60. The van der Waals surface area contributed by atoms with Crippen LogP contribution in [0, 0.1) is 0 Å². The van der Waals surface area contributed by atoms with E-state index in [0.717, 1.165) is 0 Å². The maximum absolute atomic E-state index is 12.5. The van der Waals surface area contributed by atoms with Gasteiger partial charge in [0.05, 0.1) is 6.08 Å². The van der Waals surface area contributed by atoms with Crippen molar-refractivity contribution >= 4 is 0 Å². The summed E-state index contributed by atoms with van der Waals surface area (Å²) < 4.78 is 94.6. The number of alkyl halides is 6. The second-order valence-electron chi connectivity index (χ2n) is 2.56. The third kappa shape index (κ3) is 2.36. The maximum atomic E-state index is 12.5. The van der Waals surface area contributed by atoms with Gasteiger partial charge in [-0.15, -0.1) is 0 Å². The Morgan fingerprint density at radius 3 is 1.50 bits per heavy atom. The molecule has 0 aliphatic heterocycles. The predicted octanol–water partition coefficient (Wildman–Crippen LogP) is 3.69. The molecule has 0 bridgehead atoms. The average Bonchev–Trinajstić information content (AvgIpc) is 1.80. The van der Waals surface area contributed by atoms with Crippen LogP contribution in [0.25, 0.3) is 0 Å². The quantitative estimate of drug-likeness (QED) is 0.632. The second-order valence-corrected chi connectivity index (χ2v) is 2.56. The highest BCUT2D eigenvalue weighted by Crippen LogP contribution is 2.46. The number of halogens is 8. The van der Waals surface area contributed by atoms with Crippen LogP contribution in [0.5, 0.6) is 0 Å². The molecule has 0 aromatic carbocycles. The van der Waals surface area contributed by atoms with E-state index in [1.165, 1.54) is 0 Å².